The summed E-state index contributed by atoms with van der Waals surface area (Å²) in [6, 6.07) is 10.4. The first-order valence-corrected chi connectivity index (χ1v) is 9.38. The van der Waals surface area contributed by atoms with Gasteiger partial charge in [-0.15, -0.1) is 0 Å². The average Bonchev–Trinajstić information content (AvgIpc) is 3.12. The fourth-order valence-corrected chi connectivity index (χ4v) is 3.60. The van der Waals surface area contributed by atoms with Gasteiger partial charge < -0.3 is 16.0 Å². The van der Waals surface area contributed by atoms with Crippen molar-refractivity contribution in [1.29, 1.82) is 0 Å². The third-order valence-electron chi connectivity index (χ3n) is 4.97. The average molecular weight is 364 g/mol. The van der Waals surface area contributed by atoms with E-state index in [1.165, 1.54) is 5.69 Å². The predicted molar refractivity (Wildman–Crippen MR) is 105 cm³/mol. The molecule has 2 aromatic heterocycles. The molecule has 1 aliphatic rings. The van der Waals surface area contributed by atoms with E-state index >= 15 is 0 Å². The molecule has 7 nitrogen and oxygen atoms in total. The molecule has 1 amide bonds. The van der Waals surface area contributed by atoms with Crippen LogP contribution in [0.25, 0.3) is 5.65 Å². The molecule has 1 unspecified atom stereocenters. The molecule has 1 aromatic carbocycles. The SMILES string of the molecule is NCCc1cnc2c(C(=O)NC3CCCN(c4ccccc4)C3)cnn2c1. The van der Waals surface area contributed by atoms with E-state index in [4.69, 9.17) is 5.73 Å². The molecule has 140 valence electrons. The molecule has 1 atom stereocenters. The molecule has 0 aliphatic carbocycles. The third kappa shape index (κ3) is 3.78. The summed E-state index contributed by atoms with van der Waals surface area (Å²) in [5.74, 6) is -0.121. The highest BCUT2D eigenvalue weighted by Crippen LogP contribution is 2.20. The predicted octanol–water partition coefficient (Wildman–Crippen LogP) is 1.63. The molecule has 3 heterocycles. The number of carbonyl (C=O) groups excluding carboxylic acids is 1. The Bertz CT molecular complexity index is 923. The fraction of sp³-hybridized carbons (Fsp3) is 0.350. The number of aromatic nitrogens is 3. The maximum absolute atomic E-state index is 12.8. The van der Waals surface area contributed by atoms with Crippen LogP contribution in [0.5, 0.6) is 0 Å². The molecule has 4 rings (SSSR count). The molecule has 3 aromatic rings. The molecule has 1 aliphatic heterocycles. The van der Waals surface area contributed by atoms with E-state index < -0.39 is 0 Å². The molecule has 0 radical (unpaired) electrons. The Labute approximate surface area is 158 Å². The molecule has 1 fully saturated rings. The monoisotopic (exact) mass is 364 g/mol. The summed E-state index contributed by atoms with van der Waals surface area (Å²) in [6.45, 7) is 2.38. The summed E-state index contributed by atoms with van der Waals surface area (Å²) < 4.78 is 1.65. The maximum Gasteiger partial charge on any atom is 0.257 e. The number of amides is 1. The van der Waals surface area contributed by atoms with E-state index in [0.29, 0.717) is 17.8 Å². The molecular formula is C20H24N6O. The maximum atomic E-state index is 12.8. The molecule has 3 N–H and O–H groups in total. The van der Waals surface area contributed by atoms with Gasteiger partial charge in [-0.05, 0) is 43.5 Å². The number of carbonyl (C=O) groups is 1. The van der Waals surface area contributed by atoms with Gasteiger partial charge >= 0.3 is 0 Å². The number of piperidine rings is 1. The van der Waals surface area contributed by atoms with Gasteiger partial charge in [0.1, 0.15) is 5.56 Å². The zero-order valence-electron chi connectivity index (χ0n) is 15.2. The van der Waals surface area contributed by atoms with Crippen molar-refractivity contribution in [1.82, 2.24) is 19.9 Å². The van der Waals surface area contributed by atoms with Crippen LogP contribution < -0.4 is 16.0 Å². The van der Waals surface area contributed by atoms with Gasteiger partial charge in [-0.25, -0.2) is 9.50 Å². The van der Waals surface area contributed by atoms with Crippen LogP contribution in [0.4, 0.5) is 5.69 Å². The van der Waals surface area contributed by atoms with Crippen LogP contribution in [0, 0.1) is 0 Å². The number of nitrogens with zero attached hydrogens (tertiary/aromatic N) is 4. The van der Waals surface area contributed by atoms with Crippen LogP contribution in [0.15, 0.2) is 48.9 Å². The van der Waals surface area contributed by atoms with Crippen LogP contribution in [-0.2, 0) is 6.42 Å². The van der Waals surface area contributed by atoms with Gasteiger partial charge in [-0.3, -0.25) is 4.79 Å². The molecule has 27 heavy (non-hydrogen) atoms. The zero-order valence-corrected chi connectivity index (χ0v) is 15.2. The lowest BCUT2D eigenvalue weighted by Gasteiger charge is -2.34. The number of benzene rings is 1. The Balaban J connectivity index is 1.46. The highest BCUT2D eigenvalue weighted by Gasteiger charge is 2.23. The lowest BCUT2D eigenvalue weighted by molar-refractivity contribution is 0.0934. The number of hydrogen-bond donors (Lipinski definition) is 2. The smallest absolute Gasteiger partial charge is 0.257 e. The highest BCUT2D eigenvalue weighted by molar-refractivity contribution is 5.99. The van der Waals surface area contributed by atoms with Gasteiger partial charge in [0.05, 0.1) is 6.20 Å². The van der Waals surface area contributed by atoms with Gasteiger partial charge in [0.15, 0.2) is 5.65 Å². The largest absolute Gasteiger partial charge is 0.369 e. The Morgan fingerprint density at radius 3 is 2.93 bits per heavy atom. The summed E-state index contributed by atoms with van der Waals surface area (Å²) >= 11 is 0. The summed E-state index contributed by atoms with van der Waals surface area (Å²) in [6.07, 6.45) is 7.99. The number of anilines is 1. The van der Waals surface area contributed by atoms with E-state index in [2.05, 4.69) is 32.4 Å². The minimum Gasteiger partial charge on any atom is -0.369 e. The van der Waals surface area contributed by atoms with Gasteiger partial charge in [-0.2, -0.15) is 5.10 Å². The van der Waals surface area contributed by atoms with Crippen molar-refractivity contribution in [3.63, 3.8) is 0 Å². The van der Waals surface area contributed by atoms with Crippen LogP contribution in [0.2, 0.25) is 0 Å². The topological polar surface area (TPSA) is 88.5 Å². The van der Waals surface area contributed by atoms with Crippen molar-refractivity contribution in [3.8, 4) is 0 Å². The summed E-state index contributed by atoms with van der Waals surface area (Å²) in [7, 11) is 0. The fourth-order valence-electron chi connectivity index (χ4n) is 3.60. The number of para-hydroxylation sites is 1. The van der Waals surface area contributed by atoms with E-state index in [1.54, 1.807) is 16.9 Å². The van der Waals surface area contributed by atoms with E-state index in [1.807, 2.05) is 24.4 Å². The van der Waals surface area contributed by atoms with Crippen molar-refractivity contribution in [2.75, 3.05) is 24.5 Å². The van der Waals surface area contributed by atoms with Crippen molar-refractivity contribution in [2.24, 2.45) is 5.73 Å². The Hall–Kier alpha value is -2.93. The molecular weight excluding hydrogens is 340 g/mol. The minimum atomic E-state index is -0.121. The van der Waals surface area contributed by atoms with Gasteiger partial charge in [0.2, 0.25) is 0 Å². The second-order valence-corrected chi connectivity index (χ2v) is 6.92. The number of nitrogens with one attached hydrogen (secondary N) is 1. The van der Waals surface area contributed by atoms with Crippen LogP contribution >= 0.6 is 0 Å². The first kappa shape index (κ1) is 17.5. The number of hydrogen-bond acceptors (Lipinski definition) is 5. The Kier molecular flexibility index (Phi) is 5.02. The van der Waals surface area contributed by atoms with Crippen molar-refractivity contribution < 1.29 is 4.79 Å². The number of nitrogens with two attached hydrogens (primary N) is 1. The van der Waals surface area contributed by atoms with Gasteiger partial charge in [0, 0.05) is 37.2 Å². The first-order chi connectivity index (χ1) is 13.2. The van der Waals surface area contributed by atoms with Gasteiger partial charge in [0.25, 0.3) is 5.91 Å². The highest BCUT2D eigenvalue weighted by atomic mass is 16.1. The first-order valence-electron chi connectivity index (χ1n) is 9.38. The molecule has 0 bridgehead atoms. The quantitative estimate of drug-likeness (QED) is 0.718. The Morgan fingerprint density at radius 2 is 2.11 bits per heavy atom. The number of rotatable bonds is 5. The Morgan fingerprint density at radius 1 is 1.26 bits per heavy atom. The lowest BCUT2D eigenvalue weighted by atomic mass is 10.0. The number of fused-ring (bicyclic) bond motifs is 1. The van der Waals surface area contributed by atoms with Crippen molar-refractivity contribution in [2.45, 2.75) is 25.3 Å². The molecule has 1 saturated heterocycles. The molecule has 0 saturated carbocycles. The second-order valence-electron chi connectivity index (χ2n) is 6.92. The zero-order chi connectivity index (χ0) is 18.6. The minimum absolute atomic E-state index is 0.109. The van der Waals surface area contributed by atoms with E-state index in [-0.39, 0.29) is 11.9 Å². The van der Waals surface area contributed by atoms with Crippen LogP contribution in [0.3, 0.4) is 0 Å². The summed E-state index contributed by atoms with van der Waals surface area (Å²) in [5.41, 5.74) is 8.87. The lowest BCUT2D eigenvalue weighted by Crippen LogP contribution is -2.47. The molecule has 0 spiro atoms. The van der Waals surface area contributed by atoms with Crippen molar-refractivity contribution >= 4 is 17.2 Å². The van der Waals surface area contributed by atoms with Gasteiger partial charge in [-0.1, -0.05) is 18.2 Å². The van der Waals surface area contributed by atoms with E-state index in [9.17, 15) is 4.79 Å². The summed E-state index contributed by atoms with van der Waals surface area (Å²) in [5, 5.41) is 7.44. The van der Waals surface area contributed by atoms with Crippen LogP contribution in [-0.4, -0.2) is 46.2 Å². The van der Waals surface area contributed by atoms with Crippen LogP contribution in [0.1, 0.15) is 28.8 Å². The molecule has 7 heteroatoms. The second kappa shape index (κ2) is 7.75. The standard InChI is InChI=1S/C20H24N6O/c21-9-8-15-11-22-19-18(12-23-26(19)13-15)20(27)24-16-5-4-10-25(14-16)17-6-2-1-3-7-17/h1-3,6-7,11-13,16H,4-5,8-10,14,21H2,(H,24,27). The van der Waals surface area contributed by atoms with Crippen molar-refractivity contribution in [3.05, 3.63) is 60.0 Å². The summed E-state index contributed by atoms with van der Waals surface area (Å²) in [4.78, 5) is 19.5. The van der Waals surface area contributed by atoms with E-state index in [0.717, 1.165) is 37.9 Å². The normalized spacial score (nSPS) is 17.2. The third-order valence-corrected chi connectivity index (χ3v) is 4.97.